The number of rotatable bonds is 3. The molecule has 122 valence electrons. The van der Waals surface area contributed by atoms with Gasteiger partial charge in [-0.05, 0) is 39.8 Å². The van der Waals surface area contributed by atoms with Crippen molar-refractivity contribution in [3.63, 3.8) is 0 Å². The van der Waals surface area contributed by atoms with E-state index in [9.17, 15) is 0 Å². The number of allylic oxidation sites excluding steroid dienone is 2. The molecule has 6 nitrogen and oxygen atoms in total. The van der Waals surface area contributed by atoms with E-state index in [1.807, 2.05) is 45.9 Å². The minimum absolute atomic E-state index is 0.0802. The fourth-order valence-corrected chi connectivity index (χ4v) is 2.13. The molecule has 1 aromatic rings. The molecule has 1 saturated heterocycles. The Kier molecular flexibility index (Phi) is 4.62. The van der Waals surface area contributed by atoms with Crippen molar-refractivity contribution in [3.8, 4) is 18.2 Å². The fourth-order valence-electron chi connectivity index (χ4n) is 2.13. The van der Waals surface area contributed by atoms with Crippen LogP contribution in [0.15, 0.2) is 35.5 Å². The second-order valence-electron chi connectivity index (χ2n) is 6.42. The lowest BCUT2D eigenvalue weighted by atomic mass is 9.90. The molecule has 0 bridgehead atoms. The second-order valence-corrected chi connectivity index (χ2v) is 6.42. The average Bonchev–Trinajstić information content (AvgIpc) is 2.76. The van der Waals surface area contributed by atoms with Gasteiger partial charge in [-0.25, -0.2) is 0 Å². The predicted molar refractivity (Wildman–Crippen MR) is 87.0 cm³/mol. The van der Waals surface area contributed by atoms with Crippen molar-refractivity contribution >= 4 is 5.69 Å². The van der Waals surface area contributed by atoms with Gasteiger partial charge in [-0.1, -0.05) is 12.1 Å². The van der Waals surface area contributed by atoms with E-state index >= 15 is 0 Å². The molecule has 1 fully saturated rings. The molecule has 0 spiro atoms. The Labute approximate surface area is 141 Å². The Morgan fingerprint density at radius 1 is 0.917 bits per heavy atom. The molecule has 0 unspecified atom stereocenters. The third kappa shape index (κ3) is 3.24. The normalized spacial score (nSPS) is 18.0. The Morgan fingerprint density at radius 3 is 1.83 bits per heavy atom. The predicted octanol–water partition coefficient (Wildman–Crippen LogP) is 3.53. The van der Waals surface area contributed by atoms with Gasteiger partial charge >= 0.3 is 0 Å². The van der Waals surface area contributed by atoms with Crippen LogP contribution < -0.4 is 5.32 Å². The van der Waals surface area contributed by atoms with Crippen LogP contribution in [0.2, 0.25) is 0 Å². The first-order valence-electron chi connectivity index (χ1n) is 7.41. The third-order valence-electron chi connectivity index (χ3n) is 4.29. The van der Waals surface area contributed by atoms with Crippen molar-refractivity contribution in [1.82, 2.24) is 0 Å². The zero-order chi connectivity index (χ0) is 18.0. The lowest BCUT2D eigenvalue weighted by molar-refractivity contribution is -0.0895. The van der Waals surface area contributed by atoms with E-state index in [4.69, 9.17) is 25.3 Å². The zero-order valence-corrected chi connectivity index (χ0v) is 14.0. The van der Waals surface area contributed by atoms with Crippen LogP contribution in [0.1, 0.15) is 39.5 Å². The maximum atomic E-state index is 9.05. The van der Waals surface area contributed by atoms with E-state index in [1.54, 1.807) is 24.3 Å². The van der Waals surface area contributed by atoms with Crippen LogP contribution in [-0.4, -0.2) is 11.2 Å². The average molecular weight is 322 g/mol. The summed E-state index contributed by atoms with van der Waals surface area (Å²) in [5.74, 6) is 0. The molecule has 6 heteroatoms. The number of anilines is 1. The van der Waals surface area contributed by atoms with E-state index in [2.05, 4.69) is 5.32 Å². The molecule has 0 saturated carbocycles. The first kappa shape index (κ1) is 17.5. The molecule has 0 aliphatic carbocycles. The summed E-state index contributed by atoms with van der Waals surface area (Å²) in [5, 5.41) is 29.5. The van der Waals surface area contributed by atoms with E-state index in [-0.39, 0.29) is 11.3 Å². The van der Waals surface area contributed by atoms with Crippen LogP contribution in [0.25, 0.3) is 0 Å². The molecule has 24 heavy (non-hydrogen) atoms. The van der Waals surface area contributed by atoms with E-state index < -0.39 is 17.5 Å². The highest BCUT2D eigenvalue weighted by Crippen LogP contribution is 2.44. The van der Waals surface area contributed by atoms with Gasteiger partial charge in [0.05, 0.1) is 11.2 Å². The van der Waals surface area contributed by atoms with Crippen molar-refractivity contribution in [2.75, 3.05) is 5.32 Å². The van der Waals surface area contributed by atoms with Crippen LogP contribution in [-0.2, 0) is 9.47 Å². The SMILES string of the molecule is CC1(C)OC(c2ccc(NC(C#N)=C(C#N)C#N)cc2)OC1(C)C. The molecule has 1 aliphatic rings. The Hall–Kier alpha value is -2.85. The summed E-state index contributed by atoms with van der Waals surface area (Å²) in [6, 6.07) is 12.3. The maximum Gasteiger partial charge on any atom is 0.185 e. The summed E-state index contributed by atoms with van der Waals surface area (Å²) in [5.41, 5.74) is 0.271. The van der Waals surface area contributed by atoms with Gasteiger partial charge in [-0.2, -0.15) is 15.8 Å². The smallest absolute Gasteiger partial charge is 0.185 e. The number of nitrogens with zero attached hydrogens (tertiary/aromatic N) is 3. The molecule has 0 aromatic heterocycles. The van der Waals surface area contributed by atoms with Crippen molar-refractivity contribution in [3.05, 3.63) is 41.1 Å². The lowest BCUT2D eigenvalue weighted by Gasteiger charge is -2.30. The minimum atomic E-state index is -0.469. The van der Waals surface area contributed by atoms with Crippen LogP contribution in [0.4, 0.5) is 5.69 Å². The first-order chi connectivity index (χ1) is 11.2. The van der Waals surface area contributed by atoms with Gasteiger partial charge < -0.3 is 14.8 Å². The molecule has 1 aromatic carbocycles. The van der Waals surface area contributed by atoms with Crippen molar-refractivity contribution in [2.24, 2.45) is 0 Å². The third-order valence-corrected chi connectivity index (χ3v) is 4.29. The number of hydrogen-bond acceptors (Lipinski definition) is 6. The molecular formula is C18H18N4O2. The molecular weight excluding hydrogens is 304 g/mol. The summed E-state index contributed by atoms with van der Waals surface area (Å²) in [6.45, 7) is 7.94. The summed E-state index contributed by atoms with van der Waals surface area (Å²) in [4.78, 5) is 0. The van der Waals surface area contributed by atoms with Gasteiger partial charge in [-0.3, -0.25) is 0 Å². The van der Waals surface area contributed by atoms with Crippen molar-refractivity contribution in [1.29, 1.82) is 15.8 Å². The van der Waals surface area contributed by atoms with Gasteiger partial charge in [0.1, 0.15) is 23.9 Å². The van der Waals surface area contributed by atoms with E-state index in [0.717, 1.165) is 5.56 Å². The minimum Gasteiger partial charge on any atom is -0.345 e. The topological polar surface area (TPSA) is 102 Å². The Bertz CT molecular complexity index is 754. The molecule has 2 rings (SSSR count). The summed E-state index contributed by atoms with van der Waals surface area (Å²) >= 11 is 0. The number of benzene rings is 1. The van der Waals surface area contributed by atoms with Crippen LogP contribution in [0.3, 0.4) is 0 Å². The maximum absolute atomic E-state index is 9.05. The standard InChI is InChI=1S/C18H18N4O2/c1-17(2)18(3,4)24-16(23-17)12-5-7-14(8-6-12)22-15(11-21)13(9-19)10-20/h5-8,16,22H,1-4H3. The number of hydrogen-bond donors (Lipinski definition) is 1. The van der Waals surface area contributed by atoms with Gasteiger partial charge in [0.2, 0.25) is 0 Å². The highest BCUT2D eigenvalue weighted by molar-refractivity contribution is 5.58. The monoisotopic (exact) mass is 322 g/mol. The highest BCUT2D eigenvalue weighted by atomic mass is 16.7. The Balaban J connectivity index is 2.19. The van der Waals surface area contributed by atoms with E-state index in [0.29, 0.717) is 5.69 Å². The molecule has 1 N–H and O–H groups in total. The number of nitriles is 3. The Morgan fingerprint density at radius 2 is 1.42 bits per heavy atom. The fraction of sp³-hybridized carbons (Fsp3) is 0.389. The van der Waals surface area contributed by atoms with Gasteiger partial charge in [0, 0.05) is 11.3 Å². The highest BCUT2D eigenvalue weighted by Gasteiger charge is 2.49. The first-order valence-corrected chi connectivity index (χ1v) is 7.41. The zero-order valence-electron chi connectivity index (χ0n) is 14.0. The largest absolute Gasteiger partial charge is 0.345 e. The second kappa shape index (κ2) is 6.34. The van der Waals surface area contributed by atoms with Crippen LogP contribution in [0, 0.1) is 34.0 Å². The van der Waals surface area contributed by atoms with Crippen molar-refractivity contribution < 1.29 is 9.47 Å². The summed E-state index contributed by atoms with van der Waals surface area (Å²) < 4.78 is 11.9. The van der Waals surface area contributed by atoms with Gasteiger partial charge in [0.25, 0.3) is 0 Å². The van der Waals surface area contributed by atoms with Crippen LogP contribution >= 0.6 is 0 Å². The molecule has 0 atom stereocenters. The van der Waals surface area contributed by atoms with Gasteiger partial charge in [0.15, 0.2) is 11.9 Å². The summed E-state index contributed by atoms with van der Waals surface area (Å²) in [6.07, 6.45) is -0.469. The van der Waals surface area contributed by atoms with Crippen molar-refractivity contribution in [2.45, 2.75) is 45.2 Å². The number of ether oxygens (including phenoxy) is 2. The van der Waals surface area contributed by atoms with Crippen LogP contribution in [0.5, 0.6) is 0 Å². The molecule has 1 aliphatic heterocycles. The lowest BCUT2D eigenvalue weighted by Crippen LogP contribution is -2.41. The molecule has 1 heterocycles. The molecule has 0 radical (unpaired) electrons. The number of nitrogens with one attached hydrogen (secondary N) is 1. The quantitative estimate of drug-likeness (QED) is 0.854. The summed E-state index contributed by atoms with van der Waals surface area (Å²) in [7, 11) is 0. The molecule has 0 amide bonds. The van der Waals surface area contributed by atoms with E-state index in [1.165, 1.54) is 0 Å². The van der Waals surface area contributed by atoms with Gasteiger partial charge in [-0.15, -0.1) is 0 Å².